The van der Waals surface area contributed by atoms with Gasteiger partial charge in [0.2, 0.25) is 0 Å². The van der Waals surface area contributed by atoms with Gasteiger partial charge in [0, 0.05) is 6.61 Å². The SMILES string of the molecule is CCCCc1ccccc1N=Nc1ccc(OCCCCCCCCCCCO)cc1. The minimum Gasteiger partial charge on any atom is -0.494 e. The second-order valence-electron chi connectivity index (χ2n) is 8.18. The lowest BCUT2D eigenvalue weighted by Gasteiger charge is -2.06. The van der Waals surface area contributed by atoms with Crippen molar-refractivity contribution in [1.29, 1.82) is 0 Å². The number of hydrogen-bond acceptors (Lipinski definition) is 4. The van der Waals surface area contributed by atoms with E-state index >= 15 is 0 Å². The molecule has 0 saturated heterocycles. The highest BCUT2D eigenvalue weighted by atomic mass is 16.5. The molecule has 0 bridgehead atoms. The molecule has 4 nitrogen and oxygen atoms in total. The average Bonchev–Trinajstić information content (AvgIpc) is 2.81. The predicted molar refractivity (Wildman–Crippen MR) is 130 cm³/mol. The Morgan fingerprint density at radius 3 is 2.03 bits per heavy atom. The van der Waals surface area contributed by atoms with Crippen LogP contribution < -0.4 is 4.74 Å². The van der Waals surface area contributed by atoms with E-state index in [2.05, 4.69) is 29.3 Å². The van der Waals surface area contributed by atoms with Gasteiger partial charge in [0.1, 0.15) is 5.75 Å². The summed E-state index contributed by atoms with van der Waals surface area (Å²) in [4.78, 5) is 0. The van der Waals surface area contributed by atoms with Crippen LogP contribution in [-0.4, -0.2) is 18.3 Å². The Morgan fingerprint density at radius 2 is 1.35 bits per heavy atom. The van der Waals surface area contributed by atoms with E-state index in [0.29, 0.717) is 6.61 Å². The molecule has 0 spiro atoms. The molecule has 0 aliphatic rings. The Labute approximate surface area is 188 Å². The Morgan fingerprint density at radius 1 is 0.710 bits per heavy atom. The molecule has 0 atom stereocenters. The smallest absolute Gasteiger partial charge is 0.119 e. The number of hydrogen-bond donors (Lipinski definition) is 1. The molecule has 0 radical (unpaired) electrons. The molecular formula is C27H40N2O2. The minimum absolute atomic E-state index is 0.334. The number of rotatable bonds is 17. The number of unbranched alkanes of at least 4 members (excludes halogenated alkanes) is 9. The van der Waals surface area contributed by atoms with Crippen LogP contribution in [0, 0.1) is 0 Å². The second-order valence-corrected chi connectivity index (χ2v) is 8.18. The van der Waals surface area contributed by atoms with Gasteiger partial charge in [0.25, 0.3) is 0 Å². The quantitative estimate of drug-likeness (QED) is 0.205. The second kappa shape index (κ2) is 16.5. The summed E-state index contributed by atoms with van der Waals surface area (Å²) in [5.74, 6) is 0.895. The Kier molecular flexibility index (Phi) is 13.3. The third-order valence-electron chi connectivity index (χ3n) is 5.47. The number of ether oxygens (including phenoxy) is 1. The summed E-state index contributed by atoms with van der Waals surface area (Å²) in [6, 6.07) is 16.1. The first-order valence-electron chi connectivity index (χ1n) is 12.2. The lowest BCUT2D eigenvalue weighted by atomic mass is 10.1. The first-order valence-corrected chi connectivity index (χ1v) is 12.2. The van der Waals surface area contributed by atoms with Crippen molar-refractivity contribution in [3.63, 3.8) is 0 Å². The van der Waals surface area contributed by atoms with E-state index in [1.165, 1.54) is 56.9 Å². The molecule has 4 heteroatoms. The van der Waals surface area contributed by atoms with Crippen molar-refractivity contribution < 1.29 is 9.84 Å². The number of aliphatic hydroxyl groups is 1. The van der Waals surface area contributed by atoms with Gasteiger partial charge in [-0.3, -0.25) is 0 Å². The van der Waals surface area contributed by atoms with E-state index in [4.69, 9.17) is 9.84 Å². The molecule has 0 unspecified atom stereocenters. The zero-order valence-electron chi connectivity index (χ0n) is 19.3. The number of benzene rings is 2. The fourth-order valence-corrected chi connectivity index (χ4v) is 3.55. The van der Waals surface area contributed by atoms with Gasteiger partial charge >= 0.3 is 0 Å². The predicted octanol–water partition coefficient (Wildman–Crippen LogP) is 8.33. The van der Waals surface area contributed by atoms with Crippen LogP contribution in [0.5, 0.6) is 5.75 Å². The topological polar surface area (TPSA) is 54.2 Å². The van der Waals surface area contributed by atoms with E-state index in [1.807, 2.05) is 36.4 Å². The molecule has 0 aromatic heterocycles. The first kappa shape index (κ1) is 25.1. The van der Waals surface area contributed by atoms with Crippen LogP contribution in [0.2, 0.25) is 0 Å². The van der Waals surface area contributed by atoms with Gasteiger partial charge < -0.3 is 9.84 Å². The summed E-state index contributed by atoms with van der Waals surface area (Å²) < 4.78 is 5.86. The molecule has 0 aliphatic heterocycles. The molecule has 31 heavy (non-hydrogen) atoms. The van der Waals surface area contributed by atoms with Crippen LogP contribution in [0.1, 0.15) is 83.1 Å². The molecule has 2 aromatic carbocycles. The summed E-state index contributed by atoms with van der Waals surface area (Å²) in [5.41, 5.74) is 3.06. The first-order chi connectivity index (χ1) is 15.3. The molecule has 1 N–H and O–H groups in total. The summed E-state index contributed by atoms with van der Waals surface area (Å²) in [6.45, 7) is 3.31. The van der Waals surface area contributed by atoms with E-state index < -0.39 is 0 Å². The normalized spacial score (nSPS) is 11.3. The van der Waals surface area contributed by atoms with Gasteiger partial charge in [-0.1, -0.05) is 76.5 Å². The van der Waals surface area contributed by atoms with E-state index in [1.54, 1.807) is 0 Å². The largest absolute Gasteiger partial charge is 0.494 e. The standard InChI is InChI=1S/C27H40N2O2/c1-2-3-15-24-16-11-12-17-27(24)29-28-25-18-20-26(21-19-25)31-23-14-10-8-6-4-5-7-9-13-22-30/h11-12,16-21,30H,2-10,13-15,22-23H2,1H3. The molecule has 0 amide bonds. The van der Waals surface area contributed by atoms with Crippen LogP contribution in [-0.2, 0) is 6.42 Å². The lowest BCUT2D eigenvalue weighted by molar-refractivity contribution is 0.282. The van der Waals surface area contributed by atoms with Crippen molar-refractivity contribution in [2.24, 2.45) is 10.2 Å². The Bertz CT molecular complexity index is 728. The van der Waals surface area contributed by atoms with E-state index in [0.717, 1.165) is 49.4 Å². The highest BCUT2D eigenvalue weighted by Crippen LogP contribution is 2.25. The zero-order chi connectivity index (χ0) is 22.0. The van der Waals surface area contributed by atoms with Crippen LogP contribution in [0.15, 0.2) is 58.8 Å². The van der Waals surface area contributed by atoms with E-state index in [9.17, 15) is 0 Å². The van der Waals surface area contributed by atoms with Crippen LogP contribution >= 0.6 is 0 Å². The maximum Gasteiger partial charge on any atom is 0.119 e. The number of nitrogens with zero attached hydrogens (tertiary/aromatic N) is 2. The van der Waals surface area contributed by atoms with Gasteiger partial charge in [-0.2, -0.15) is 10.2 Å². The summed E-state index contributed by atoms with van der Waals surface area (Å²) >= 11 is 0. The molecule has 170 valence electrons. The molecular weight excluding hydrogens is 384 g/mol. The summed E-state index contributed by atoms with van der Waals surface area (Å²) in [7, 11) is 0. The fraction of sp³-hybridized carbons (Fsp3) is 0.556. The molecule has 0 aliphatic carbocycles. The third kappa shape index (κ3) is 11.1. The van der Waals surface area contributed by atoms with Gasteiger partial charge in [0.15, 0.2) is 0 Å². The fourth-order valence-electron chi connectivity index (χ4n) is 3.55. The van der Waals surface area contributed by atoms with Crippen molar-refractivity contribution >= 4 is 11.4 Å². The number of aliphatic hydroxyl groups excluding tert-OH is 1. The molecule has 0 heterocycles. The van der Waals surface area contributed by atoms with Gasteiger partial charge in [-0.05, 0) is 61.6 Å². The maximum absolute atomic E-state index is 8.76. The molecule has 2 rings (SSSR count). The Hall–Kier alpha value is -2.20. The van der Waals surface area contributed by atoms with Crippen molar-refractivity contribution in [2.45, 2.75) is 84.0 Å². The molecule has 0 saturated carbocycles. The third-order valence-corrected chi connectivity index (χ3v) is 5.47. The number of azo groups is 1. The Balaban J connectivity index is 1.62. The highest BCUT2D eigenvalue weighted by Gasteiger charge is 2.01. The van der Waals surface area contributed by atoms with Gasteiger partial charge in [0.05, 0.1) is 18.0 Å². The van der Waals surface area contributed by atoms with Crippen LogP contribution in [0.3, 0.4) is 0 Å². The van der Waals surface area contributed by atoms with Crippen molar-refractivity contribution in [3.05, 3.63) is 54.1 Å². The van der Waals surface area contributed by atoms with Crippen molar-refractivity contribution in [1.82, 2.24) is 0 Å². The van der Waals surface area contributed by atoms with Crippen molar-refractivity contribution in [2.75, 3.05) is 13.2 Å². The summed E-state index contributed by atoms with van der Waals surface area (Å²) in [5, 5.41) is 17.6. The lowest BCUT2D eigenvalue weighted by Crippen LogP contribution is -1.96. The van der Waals surface area contributed by atoms with Gasteiger partial charge in [-0.25, -0.2) is 0 Å². The monoisotopic (exact) mass is 424 g/mol. The average molecular weight is 425 g/mol. The molecule has 0 fully saturated rings. The summed E-state index contributed by atoms with van der Waals surface area (Å²) in [6.07, 6.45) is 14.3. The van der Waals surface area contributed by atoms with Gasteiger partial charge in [-0.15, -0.1) is 0 Å². The van der Waals surface area contributed by atoms with Crippen LogP contribution in [0.4, 0.5) is 11.4 Å². The minimum atomic E-state index is 0.334. The van der Waals surface area contributed by atoms with Crippen LogP contribution in [0.25, 0.3) is 0 Å². The zero-order valence-corrected chi connectivity index (χ0v) is 19.3. The highest BCUT2D eigenvalue weighted by molar-refractivity contribution is 5.47. The maximum atomic E-state index is 8.76. The van der Waals surface area contributed by atoms with E-state index in [-0.39, 0.29) is 0 Å². The number of aryl methyl sites for hydroxylation is 1. The van der Waals surface area contributed by atoms with Crippen molar-refractivity contribution in [3.8, 4) is 5.75 Å². The molecule has 2 aromatic rings.